The van der Waals surface area contributed by atoms with Crippen LogP contribution in [0.2, 0.25) is 0 Å². The number of rotatable bonds is 2. The Labute approximate surface area is 124 Å². The second kappa shape index (κ2) is 4.77. The number of hydrogen-bond acceptors (Lipinski definition) is 4. The zero-order chi connectivity index (χ0) is 15.1. The van der Waals surface area contributed by atoms with Gasteiger partial charge in [-0.05, 0) is 44.2 Å². The predicted octanol–water partition coefficient (Wildman–Crippen LogP) is 3.10. The zero-order valence-electron chi connectivity index (χ0n) is 12.0. The van der Waals surface area contributed by atoms with Crippen LogP contribution in [0.1, 0.15) is 13.8 Å². The van der Waals surface area contributed by atoms with Crippen LogP contribution >= 0.6 is 0 Å². The van der Waals surface area contributed by atoms with Crippen molar-refractivity contribution in [3.63, 3.8) is 0 Å². The molecule has 0 radical (unpaired) electrons. The van der Waals surface area contributed by atoms with E-state index in [1.54, 1.807) is 48.5 Å². The molecule has 0 unspecified atom stereocenters. The fraction of sp³-hybridized carbons (Fsp3) is 0.250. The highest BCUT2D eigenvalue weighted by molar-refractivity contribution is 7.91. The van der Waals surface area contributed by atoms with Crippen LogP contribution < -0.4 is 10.1 Å². The second-order valence-corrected chi connectivity index (χ2v) is 7.64. The molecule has 4 nitrogen and oxygen atoms in total. The molecule has 1 aliphatic heterocycles. The normalized spacial score (nSPS) is 16.5. The summed E-state index contributed by atoms with van der Waals surface area (Å²) in [4.78, 5) is 0.560. The van der Waals surface area contributed by atoms with Crippen molar-refractivity contribution in [3.8, 4) is 5.75 Å². The van der Waals surface area contributed by atoms with Crippen molar-refractivity contribution in [1.29, 1.82) is 0 Å². The molecule has 5 heteroatoms. The Kier molecular flexibility index (Phi) is 3.17. The van der Waals surface area contributed by atoms with E-state index in [0.29, 0.717) is 22.9 Å². The zero-order valence-corrected chi connectivity index (χ0v) is 12.8. The van der Waals surface area contributed by atoms with Gasteiger partial charge in [-0.25, -0.2) is 8.42 Å². The third kappa shape index (κ3) is 2.61. The van der Waals surface area contributed by atoms with Gasteiger partial charge in [0.25, 0.3) is 0 Å². The van der Waals surface area contributed by atoms with Crippen LogP contribution in [-0.2, 0) is 9.84 Å². The quantitative estimate of drug-likeness (QED) is 0.926. The summed E-state index contributed by atoms with van der Waals surface area (Å²) in [7, 11) is -3.50. The third-order valence-electron chi connectivity index (χ3n) is 3.41. The Hall–Kier alpha value is -2.01. The molecule has 0 spiro atoms. The van der Waals surface area contributed by atoms with Gasteiger partial charge in [0.05, 0.1) is 22.0 Å². The van der Waals surface area contributed by atoms with Crippen molar-refractivity contribution < 1.29 is 13.2 Å². The topological polar surface area (TPSA) is 55.4 Å². The average Bonchev–Trinajstić information content (AvgIpc) is 2.46. The molecule has 1 aliphatic rings. The van der Waals surface area contributed by atoms with Crippen molar-refractivity contribution in [3.05, 3.63) is 48.5 Å². The Morgan fingerprint density at radius 2 is 1.76 bits per heavy atom. The first-order valence-electron chi connectivity index (χ1n) is 6.76. The summed E-state index contributed by atoms with van der Waals surface area (Å²) in [5, 5.41) is 3.23. The summed E-state index contributed by atoms with van der Waals surface area (Å²) in [5.41, 5.74) is 0.415. The first-order valence-corrected chi connectivity index (χ1v) is 8.24. The van der Waals surface area contributed by atoms with E-state index < -0.39 is 9.84 Å². The molecule has 0 saturated carbocycles. The van der Waals surface area contributed by atoms with E-state index in [1.165, 1.54) is 0 Å². The van der Waals surface area contributed by atoms with Crippen molar-refractivity contribution >= 4 is 15.5 Å². The van der Waals surface area contributed by atoms with Gasteiger partial charge in [0, 0.05) is 0 Å². The molecule has 0 aliphatic carbocycles. The lowest BCUT2D eigenvalue weighted by Crippen LogP contribution is -2.40. The number of nitrogens with one attached hydrogen (secondary N) is 1. The molecular formula is C16H17NO3S. The summed E-state index contributed by atoms with van der Waals surface area (Å²) in [6.45, 7) is 4.60. The summed E-state index contributed by atoms with van der Waals surface area (Å²) in [6.07, 6.45) is 0. The highest BCUT2D eigenvalue weighted by Gasteiger charge is 2.27. The number of ether oxygens (including phenoxy) is 1. The molecule has 0 atom stereocenters. The van der Waals surface area contributed by atoms with E-state index in [2.05, 4.69) is 5.32 Å². The third-order valence-corrected chi connectivity index (χ3v) is 5.17. The molecule has 2 aromatic rings. The van der Waals surface area contributed by atoms with Gasteiger partial charge in [0.2, 0.25) is 9.84 Å². The van der Waals surface area contributed by atoms with Crippen LogP contribution in [0.15, 0.2) is 58.3 Å². The van der Waals surface area contributed by atoms with Crippen molar-refractivity contribution in [2.24, 2.45) is 0 Å². The lowest BCUT2D eigenvalue weighted by atomic mass is 10.1. The lowest BCUT2D eigenvalue weighted by molar-refractivity contribution is 0.116. The summed E-state index contributed by atoms with van der Waals surface area (Å²) in [6, 6.07) is 13.4. The monoisotopic (exact) mass is 303 g/mol. The molecule has 0 saturated heterocycles. The van der Waals surface area contributed by atoms with E-state index >= 15 is 0 Å². The minimum Gasteiger partial charge on any atom is -0.484 e. The Morgan fingerprint density at radius 3 is 2.48 bits per heavy atom. The number of sulfone groups is 1. The second-order valence-electron chi connectivity index (χ2n) is 5.69. The van der Waals surface area contributed by atoms with Gasteiger partial charge in [-0.2, -0.15) is 0 Å². The predicted molar refractivity (Wildman–Crippen MR) is 81.5 cm³/mol. The van der Waals surface area contributed by atoms with Crippen LogP contribution in [0.5, 0.6) is 5.75 Å². The summed E-state index contributed by atoms with van der Waals surface area (Å²) < 4.78 is 31.0. The van der Waals surface area contributed by atoms with Crippen LogP contribution in [0, 0.1) is 0 Å². The summed E-state index contributed by atoms with van der Waals surface area (Å²) >= 11 is 0. The highest BCUT2D eigenvalue weighted by Crippen LogP contribution is 2.35. The van der Waals surface area contributed by atoms with E-state index in [-0.39, 0.29) is 10.5 Å². The Morgan fingerprint density at radius 1 is 1.05 bits per heavy atom. The Bertz CT molecular complexity index is 767. The smallest absolute Gasteiger partial charge is 0.206 e. The maximum absolute atomic E-state index is 12.6. The largest absolute Gasteiger partial charge is 0.484 e. The molecule has 110 valence electrons. The SMILES string of the molecule is CC1(C)CNc2cc(S(=O)(=O)c3ccccc3)ccc2O1. The van der Waals surface area contributed by atoms with Crippen molar-refractivity contribution in [2.45, 2.75) is 29.2 Å². The van der Waals surface area contributed by atoms with Crippen LogP contribution in [0.4, 0.5) is 5.69 Å². The van der Waals surface area contributed by atoms with Gasteiger partial charge in [-0.3, -0.25) is 0 Å². The molecular weight excluding hydrogens is 286 g/mol. The molecule has 0 bridgehead atoms. The van der Waals surface area contributed by atoms with Crippen molar-refractivity contribution in [1.82, 2.24) is 0 Å². The van der Waals surface area contributed by atoms with Crippen LogP contribution in [0.3, 0.4) is 0 Å². The maximum Gasteiger partial charge on any atom is 0.206 e. The Balaban J connectivity index is 2.02. The minimum absolute atomic E-state index is 0.267. The van der Waals surface area contributed by atoms with Crippen LogP contribution in [0.25, 0.3) is 0 Å². The van der Waals surface area contributed by atoms with Gasteiger partial charge < -0.3 is 10.1 Å². The van der Waals surface area contributed by atoms with Gasteiger partial charge >= 0.3 is 0 Å². The lowest BCUT2D eigenvalue weighted by Gasteiger charge is -2.33. The van der Waals surface area contributed by atoms with Gasteiger partial charge in [0.15, 0.2) is 0 Å². The fourth-order valence-corrected chi connectivity index (χ4v) is 3.59. The van der Waals surface area contributed by atoms with E-state index in [0.717, 1.165) is 0 Å². The van der Waals surface area contributed by atoms with Crippen molar-refractivity contribution in [2.75, 3.05) is 11.9 Å². The molecule has 2 aromatic carbocycles. The molecule has 0 amide bonds. The minimum atomic E-state index is -3.50. The van der Waals surface area contributed by atoms with Gasteiger partial charge in [-0.1, -0.05) is 18.2 Å². The van der Waals surface area contributed by atoms with Crippen LogP contribution in [-0.4, -0.2) is 20.6 Å². The molecule has 1 heterocycles. The van der Waals surface area contributed by atoms with Gasteiger partial charge in [-0.15, -0.1) is 0 Å². The van der Waals surface area contributed by atoms with E-state index in [9.17, 15) is 8.42 Å². The molecule has 3 rings (SSSR count). The van der Waals surface area contributed by atoms with E-state index in [1.807, 2.05) is 13.8 Å². The molecule has 0 fully saturated rings. The maximum atomic E-state index is 12.6. The molecule has 0 aromatic heterocycles. The number of benzene rings is 2. The number of hydrogen-bond donors (Lipinski definition) is 1. The van der Waals surface area contributed by atoms with E-state index in [4.69, 9.17) is 4.74 Å². The average molecular weight is 303 g/mol. The highest BCUT2D eigenvalue weighted by atomic mass is 32.2. The number of fused-ring (bicyclic) bond motifs is 1. The molecule has 1 N–H and O–H groups in total. The standard InChI is InChI=1S/C16H17NO3S/c1-16(2)11-17-14-10-13(8-9-15(14)20-16)21(18,19)12-6-4-3-5-7-12/h3-10,17H,11H2,1-2H3. The first-order chi connectivity index (χ1) is 9.88. The fourth-order valence-electron chi connectivity index (χ4n) is 2.28. The first kappa shape index (κ1) is 13.9. The summed E-state index contributed by atoms with van der Waals surface area (Å²) in [5.74, 6) is 0.679. The number of anilines is 1. The molecule has 21 heavy (non-hydrogen) atoms. The van der Waals surface area contributed by atoms with Gasteiger partial charge in [0.1, 0.15) is 11.4 Å².